The first-order chi connectivity index (χ1) is 9.61. The number of hydrogen-bond acceptors (Lipinski definition) is 4. The van der Waals surface area contributed by atoms with Gasteiger partial charge in [-0.2, -0.15) is 5.26 Å². The summed E-state index contributed by atoms with van der Waals surface area (Å²) in [6.45, 7) is 0. The lowest BCUT2D eigenvalue weighted by Gasteiger charge is -2.08. The lowest BCUT2D eigenvalue weighted by Crippen LogP contribution is -2.28. The summed E-state index contributed by atoms with van der Waals surface area (Å²) in [5.41, 5.74) is 0.446. The Bertz CT molecular complexity index is 677. The van der Waals surface area contributed by atoms with Crippen molar-refractivity contribution in [2.24, 2.45) is 5.92 Å². The number of benzene rings is 1. The number of nitrogens with zero attached hydrogens (tertiary/aromatic N) is 1. The molecule has 1 aromatic heterocycles. The number of hydrogen-bond donors (Lipinski definition) is 1. The van der Waals surface area contributed by atoms with Gasteiger partial charge in [0.2, 0.25) is 5.91 Å². The molecule has 1 unspecified atom stereocenters. The van der Waals surface area contributed by atoms with Crippen LogP contribution in [0.3, 0.4) is 0 Å². The van der Waals surface area contributed by atoms with Gasteiger partial charge in [0.05, 0.1) is 10.9 Å². The van der Waals surface area contributed by atoms with Crippen molar-refractivity contribution in [3.8, 4) is 6.07 Å². The number of nitrogens with one attached hydrogen (secondary N) is 1. The molecule has 1 atom stereocenters. The van der Waals surface area contributed by atoms with Crippen molar-refractivity contribution in [3.05, 3.63) is 51.7 Å². The Kier molecular flexibility index (Phi) is 4.51. The van der Waals surface area contributed by atoms with E-state index in [1.807, 2.05) is 0 Å². The predicted molar refractivity (Wildman–Crippen MR) is 77.8 cm³/mol. The number of amides is 1. The Hall–Kier alpha value is -2.16. The van der Waals surface area contributed by atoms with E-state index in [4.69, 9.17) is 16.9 Å². The van der Waals surface area contributed by atoms with E-state index in [1.54, 1.807) is 47.8 Å². The van der Waals surface area contributed by atoms with Gasteiger partial charge in [0.15, 0.2) is 11.7 Å². The number of rotatable bonds is 4. The van der Waals surface area contributed by atoms with Crippen molar-refractivity contribution in [2.75, 3.05) is 5.32 Å². The van der Waals surface area contributed by atoms with Crippen LogP contribution in [0.4, 0.5) is 5.69 Å². The Morgan fingerprint density at radius 2 is 2.10 bits per heavy atom. The topological polar surface area (TPSA) is 70.0 Å². The standard InChI is InChI=1S/C14H9ClN2O2S/c15-9-3-1-4-10(7-9)17-14(19)11(8-16)13(18)12-5-2-6-20-12/h1-7,11H,(H,17,19). The summed E-state index contributed by atoms with van der Waals surface area (Å²) in [6, 6.07) is 11.5. The highest BCUT2D eigenvalue weighted by molar-refractivity contribution is 7.12. The minimum Gasteiger partial charge on any atom is -0.324 e. The van der Waals surface area contributed by atoms with Crippen molar-refractivity contribution in [3.63, 3.8) is 0 Å². The normalized spacial score (nSPS) is 11.4. The predicted octanol–water partition coefficient (Wildman–Crippen LogP) is 3.36. The average Bonchev–Trinajstić information content (AvgIpc) is 2.93. The number of ketones is 1. The number of carbonyl (C=O) groups is 2. The molecule has 0 saturated carbocycles. The van der Waals surface area contributed by atoms with E-state index in [0.717, 1.165) is 0 Å². The molecule has 6 heteroatoms. The molecule has 2 rings (SSSR count). The van der Waals surface area contributed by atoms with Crippen LogP contribution >= 0.6 is 22.9 Å². The summed E-state index contributed by atoms with van der Waals surface area (Å²) >= 11 is 7.00. The fourth-order valence-electron chi connectivity index (χ4n) is 1.58. The summed E-state index contributed by atoms with van der Waals surface area (Å²) in [5.74, 6) is -2.53. The van der Waals surface area contributed by atoms with Crippen LogP contribution < -0.4 is 5.32 Å². The lowest BCUT2D eigenvalue weighted by atomic mass is 10.0. The molecule has 0 aliphatic carbocycles. The van der Waals surface area contributed by atoms with E-state index < -0.39 is 17.6 Å². The van der Waals surface area contributed by atoms with Gasteiger partial charge in [-0.3, -0.25) is 9.59 Å². The number of Topliss-reactive ketones (excluding diaryl/α,β-unsaturated/α-hetero) is 1. The van der Waals surface area contributed by atoms with Crippen LogP contribution in [-0.2, 0) is 4.79 Å². The molecule has 1 amide bonds. The van der Waals surface area contributed by atoms with Gasteiger partial charge in [0, 0.05) is 10.7 Å². The molecule has 0 bridgehead atoms. The summed E-state index contributed by atoms with van der Waals surface area (Å²) in [5, 5.41) is 13.7. The smallest absolute Gasteiger partial charge is 0.249 e. The fourth-order valence-corrected chi connectivity index (χ4v) is 2.46. The Balaban J connectivity index is 2.14. The van der Waals surface area contributed by atoms with Gasteiger partial charge in [-0.05, 0) is 29.6 Å². The largest absolute Gasteiger partial charge is 0.324 e. The quantitative estimate of drug-likeness (QED) is 0.695. The molecule has 0 radical (unpaired) electrons. The van der Waals surface area contributed by atoms with Gasteiger partial charge in [-0.15, -0.1) is 11.3 Å². The second-order valence-electron chi connectivity index (χ2n) is 3.90. The van der Waals surface area contributed by atoms with Gasteiger partial charge >= 0.3 is 0 Å². The lowest BCUT2D eigenvalue weighted by molar-refractivity contribution is -0.117. The summed E-state index contributed by atoms with van der Waals surface area (Å²) < 4.78 is 0. The van der Waals surface area contributed by atoms with Crippen molar-refractivity contribution in [2.45, 2.75) is 0 Å². The first-order valence-corrected chi connectivity index (χ1v) is 6.91. The summed E-state index contributed by atoms with van der Waals surface area (Å²) in [7, 11) is 0. The van der Waals surface area contributed by atoms with Crippen molar-refractivity contribution in [1.82, 2.24) is 0 Å². The molecule has 1 heterocycles. The third-order valence-corrected chi connectivity index (χ3v) is 3.63. The highest BCUT2D eigenvalue weighted by atomic mass is 35.5. The van der Waals surface area contributed by atoms with Gasteiger partial charge in [-0.25, -0.2) is 0 Å². The van der Waals surface area contributed by atoms with E-state index in [2.05, 4.69) is 5.32 Å². The number of anilines is 1. The minimum absolute atomic E-state index is 0.387. The van der Waals surface area contributed by atoms with Crippen LogP contribution in [0, 0.1) is 17.2 Å². The molecule has 0 aliphatic rings. The van der Waals surface area contributed by atoms with E-state index in [0.29, 0.717) is 15.6 Å². The number of thiophene rings is 1. The van der Waals surface area contributed by atoms with Gasteiger partial charge in [0.25, 0.3) is 0 Å². The molecule has 1 N–H and O–H groups in total. The van der Waals surface area contributed by atoms with Crippen LogP contribution in [0.1, 0.15) is 9.67 Å². The van der Waals surface area contributed by atoms with Gasteiger partial charge in [0.1, 0.15) is 0 Å². The molecule has 0 aliphatic heterocycles. The summed E-state index contributed by atoms with van der Waals surface area (Å²) in [4.78, 5) is 24.4. The maximum Gasteiger partial charge on any atom is 0.249 e. The average molecular weight is 305 g/mol. The zero-order chi connectivity index (χ0) is 14.5. The molecule has 1 aromatic carbocycles. The number of nitriles is 1. The maximum absolute atomic E-state index is 12.0. The molecule has 0 spiro atoms. The van der Waals surface area contributed by atoms with E-state index in [9.17, 15) is 9.59 Å². The molecule has 2 aromatic rings. The zero-order valence-corrected chi connectivity index (χ0v) is 11.7. The third kappa shape index (κ3) is 3.23. The minimum atomic E-state index is -1.37. The van der Waals surface area contributed by atoms with Crippen LogP contribution in [0.5, 0.6) is 0 Å². The molecule has 100 valence electrons. The van der Waals surface area contributed by atoms with Crippen LogP contribution in [0.25, 0.3) is 0 Å². The second kappa shape index (κ2) is 6.33. The fraction of sp³-hybridized carbons (Fsp3) is 0.0714. The van der Waals surface area contributed by atoms with E-state index >= 15 is 0 Å². The maximum atomic E-state index is 12.0. The van der Waals surface area contributed by atoms with Gasteiger partial charge in [-0.1, -0.05) is 23.7 Å². The van der Waals surface area contributed by atoms with Crippen LogP contribution in [0.15, 0.2) is 41.8 Å². The molecular formula is C14H9ClN2O2S. The number of halogens is 1. The SMILES string of the molecule is N#CC(C(=O)Nc1cccc(Cl)c1)C(=O)c1cccs1. The monoisotopic (exact) mass is 304 g/mol. The zero-order valence-electron chi connectivity index (χ0n) is 10.2. The Morgan fingerprint density at radius 1 is 1.30 bits per heavy atom. The van der Waals surface area contributed by atoms with E-state index in [1.165, 1.54) is 11.3 Å². The van der Waals surface area contributed by atoms with Crippen molar-refractivity contribution in [1.29, 1.82) is 5.26 Å². The second-order valence-corrected chi connectivity index (χ2v) is 5.29. The molecule has 0 fully saturated rings. The Labute approximate surface area is 124 Å². The molecule has 0 saturated heterocycles. The summed E-state index contributed by atoms with van der Waals surface area (Å²) in [6.07, 6.45) is 0. The molecule has 20 heavy (non-hydrogen) atoms. The van der Waals surface area contributed by atoms with E-state index in [-0.39, 0.29) is 0 Å². The molecular weight excluding hydrogens is 296 g/mol. The first-order valence-electron chi connectivity index (χ1n) is 5.65. The van der Waals surface area contributed by atoms with Crippen molar-refractivity contribution < 1.29 is 9.59 Å². The number of carbonyl (C=O) groups excluding carboxylic acids is 2. The van der Waals surface area contributed by atoms with Gasteiger partial charge < -0.3 is 5.32 Å². The van der Waals surface area contributed by atoms with Crippen LogP contribution in [0.2, 0.25) is 5.02 Å². The molecule has 4 nitrogen and oxygen atoms in total. The third-order valence-electron chi connectivity index (χ3n) is 2.51. The Morgan fingerprint density at radius 3 is 2.70 bits per heavy atom. The highest BCUT2D eigenvalue weighted by Crippen LogP contribution is 2.18. The van der Waals surface area contributed by atoms with Crippen LogP contribution in [-0.4, -0.2) is 11.7 Å². The van der Waals surface area contributed by atoms with Crippen molar-refractivity contribution >= 4 is 40.3 Å². The first kappa shape index (κ1) is 14.3. The highest BCUT2D eigenvalue weighted by Gasteiger charge is 2.28.